The Hall–Kier alpha value is -1.46. The van der Waals surface area contributed by atoms with Crippen molar-refractivity contribution < 1.29 is 9.53 Å². The number of amides is 1. The molecule has 0 radical (unpaired) electrons. The molecule has 2 heterocycles. The van der Waals surface area contributed by atoms with Gasteiger partial charge in [0.25, 0.3) is 0 Å². The Bertz CT molecular complexity index is 431. The molecule has 0 spiro atoms. The predicted molar refractivity (Wildman–Crippen MR) is 72.8 cm³/mol. The zero-order valence-corrected chi connectivity index (χ0v) is 11.8. The standard InChI is InChI=1S/C14H21N3O2/c1-11-4-5-12(15-8-11)13-9-17(6-7-19-13)10-14(18)16(2)3/h4-5,8,13H,6-7,9-10H2,1-3H3/t13-/m1/s1. The van der Waals surface area contributed by atoms with Crippen molar-refractivity contribution in [1.29, 1.82) is 0 Å². The molecule has 0 aliphatic carbocycles. The van der Waals surface area contributed by atoms with Gasteiger partial charge in [-0.1, -0.05) is 6.07 Å². The fourth-order valence-corrected chi connectivity index (χ4v) is 2.03. The molecule has 0 bridgehead atoms. The monoisotopic (exact) mass is 263 g/mol. The molecule has 1 aliphatic rings. The third kappa shape index (κ3) is 3.75. The second-order valence-electron chi connectivity index (χ2n) is 5.14. The summed E-state index contributed by atoms with van der Waals surface area (Å²) in [6.45, 7) is 4.61. The zero-order chi connectivity index (χ0) is 13.8. The van der Waals surface area contributed by atoms with Crippen molar-refractivity contribution in [1.82, 2.24) is 14.8 Å². The van der Waals surface area contributed by atoms with Crippen molar-refractivity contribution in [2.45, 2.75) is 13.0 Å². The molecule has 2 rings (SSSR count). The molecule has 1 atom stereocenters. The largest absolute Gasteiger partial charge is 0.369 e. The Morgan fingerprint density at radius 3 is 2.95 bits per heavy atom. The topological polar surface area (TPSA) is 45.7 Å². The molecular weight excluding hydrogens is 242 g/mol. The van der Waals surface area contributed by atoms with E-state index in [1.54, 1.807) is 19.0 Å². The first-order valence-corrected chi connectivity index (χ1v) is 6.53. The van der Waals surface area contributed by atoms with Gasteiger partial charge in [0, 0.05) is 33.4 Å². The maximum atomic E-state index is 11.7. The SMILES string of the molecule is Cc1ccc([C@H]2CN(CC(=O)N(C)C)CCO2)nc1. The molecule has 5 heteroatoms. The highest BCUT2D eigenvalue weighted by Gasteiger charge is 2.24. The lowest BCUT2D eigenvalue weighted by Gasteiger charge is -2.32. The summed E-state index contributed by atoms with van der Waals surface area (Å²) < 4.78 is 5.75. The zero-order valence-electron chi connectivity index (χ0n) is 11.8. The molecule has 1 aliphatic heterocycles. The quantitative estimate of drug-likeness (QED) is 0.811. The Labute approximate surface area is 114 Å². The average Bonchev–Trinajstić information content (AvgIpc) is 2.39. The number of morpholine rings is 1. The number of nitrogens with zero attached hydrogens (tertiary/aromatic N) is 3. The molecule has 1 saturated heterocycles. The van der Waals surface area contributed by atoms with E-state index in [1.165, 1.54) is 0 Å². The van der Waals surface area contributed by atoms with Crippen LogP contribution in [0.1, 0.15) is 17.4 Å². The fraction of sp³-hybridized carbons (Fsp3) is 0.571. The fourth-order valence-electron chi connectivity index (χ4n) is 2.03. The lowest BCUT2D eigenvalue weighted by atomic mass is 10.1. The highest BCUT2D eigenvalue weighted by Crippen LogP contribution is 2.20. The van der Waals surface area contributed by atoms with E-state index in [2.05, 4.69) is 9.88 Å². The van der Waals surface area contributed by atoms with Crippen LogP contribution in [0, 0.1) is 6.92 Å². The molecule has 0 saturated carbocycles. The third-order valence-corrected chi connectivity index (χ3v) is 3.27. The number of hydrogen-bond donors (Lipinski definition) is 0. The van der Waals surface area contributed by atoms with Gasteiger partial charge in [-0.3, -0.25) is 14.7 Å². The highest BCUT2D eigenvalue weighted by molar-refractivity contribution is 5.77. The van der Waals surface area contributed by atoms with Gasteiger partial charge in [-0.05, 0) is 18.6 Å². The molecular formula is C14H21N3O2. The molecule has 1 fully saturated rings. The molecule has 0 N–H and O–H groups in total. The summed E-state index contributed by atoms with van der Waals surface area (Å²) >= 11 is 0. The Morgan fingerprint density at radius 1 is 1.53 bits per heavy atom. The average molecular weight is 263 g/mol. The summed E-state index contributed by atoms with van der Waals surface area (Å²) in [7, 11) is 3.56. The van der Waals surface area contributed by atoms with Gasteiger partial charge in [0.2, 0.25) is 5.91 Å². The first kappa shape index (κ1) is 14.0. The van der Waals surface area contributed by atoms with Crippen molar-refractivity contribution >= 4 is 5.91 Å². The predicted octanol–water partition coefficient (Wildman–Crippen LogP) is 0.852. The third-order valence-electron chi connectivity index (χ3n) is 3.27. The van der Waals surface area contributed by atoms with Gasteiger partial charge in [-0.25, -0.2) is 0 Å². The van der Waals surface area contributed by atoms with Crippen molar-refractivity contribution in [3.8, 4) is 0 Å². The van der Waals surface area contributed by atoms with Gasteiger partial charge in [-0.2, -0.15) is 0 Å². The van der Waals surface area contributed by atoms with Crippen LogP contribution in [0.25, 0.3) is 0 Å². The number of hydrogen-bond acceptors (Lipinski definition) is 4. The van der Waals surface area contributed by atoms with Gasteiger partial charge >= 0.3 is 0 Å². The minimum Gasteiger partial charge on any atom is -0.369 e. The van der Waals surface area contributed by atoms with Crippen molar-refractivity contribution in [3.05, 3.63) is 29.6 Å². The number of carbonyl (C=O) groups excluding carboxylic acids is 1. The van der Waals surface area contributed by atoms with Crippen LogP contribution >= 0.6 is 0 Å². The molecule has 19 heavy (non-hydrogen) atoms. The van der Waals surface area contributed by atoms with Crippen molar-refractivity contribution in [2.24, 2.45) is 0 Å². The first-order chi connectivity index (χ1) is 9.06. The maximum Gasteiger partial charge on any atom is 0.236 e. The van der Waals surface area contributed by atoms with E-state index in [0.29, 0.717) is 13.2 Å². The molecule has 0 aromatic carbocycles. The van der Waals surface area contributed by atoms with Gasteiger partial charge in [0.1, 0.15) is 6.10 Å². The minimum absolute atomic E-state index is 0.0377. The van der Waals surface area contributed by atoms with Gasteiger partial charge in [0.05, 0.1) is 18.8 Å². The summed E-state index contributed by atoms with van der Waals surface area (Å²) in [6.07, 6.45) is 1.81. The van der Waals surface area contributed by atoms with Crippen LogP contribution in [0.5, 0.6) is 0 Å². The molecule has 1 aromatic rings. The smallest absolute Gasteiger partial charge is 0.236 e. The van der Waals surface area contributed by atoms with Gasteiger partial charge in [0.15, 0.2) is 0 Å². The molecule has 104 valence electrons. The van der Waals surface area contributed by atoms with Crippen LogP contribution in [0.3, 0.4) is 0 Å². The number of pyridine rings is 1. The lowest BCUT2D eigenvalue weighted by Crippen LogP contribution is -2.44. The number of rotatable bonds is 3. The highest BCUT2D eigenvalue weighted by atomic mass is 16.5. The Morgan fingerprint density at radius 2 is 2.32 bits per heavy atom. The normalized spacial score (nSPS) is 20.3. The summed E-state index contributed by atoms with van der Waals surface area (Å²) in [5.41, 5.74) is 2.08. The summed E-state index contributed by atoms with van der Waals surface area (Å²) in [6, 6.07) is 4.03. The van der Waals surface area contributed by atoms with Crippen LogP contribution in [-0.4, -0.2) is 61.0 Å². The van der Waals surface area contributed by atoms with Crippen LogP contribution in [0.15, 0.2) is 18.3 Å². The van der Waals surface area contributed by atoms with Crippen molar-refractivity contribution in [3.63, 3.8) is 0 Å². The van der Waals surface area contributed by atoms with E-state index in [1.807, 2.05) is 25.3 Å². The number of carbonyl (C=O) groups is 1. The minimum atomic E-state index is -0.0377. The van der Waals surface area contributed by atoms with E-state index < -0.39 is 0 Å². The number of likely N-dealkylation sites (N-methyl/N-ethyl adjacent to an activating group) is 1. The van der Waals surface area contributed by atoms with E-state index in [-0.39, 0.29) is 12.0 Å². The number of aromatic nitrogens is 1. The maximum absolute atomic E-state index is 11.7. The van der Waals surface area contributed by atoms with Crippen molar-refractivity contribution in [2.75, 3.05) is 40.3 Å². The second kappa shape index (κ2) is 6.12. The second-order valence-corrected chi connectivity index (χ2v) is 5.14. The summed E-state index contributed by atoms with van der Waals surface area (Å²) in [4.78, 5) is 19.9. The van der Waals surface area contributed by atoms with E-state index >= 15 is 0 Å². The summed E-state index contributed by atoms with van der Waals surface area (Å²) in [5.74, 6) is 0.123. The van der Waals surface area contributed by atoms with E-state index in [0.717, 1.165) is 24.3 Å². The molecule has 5 nitrogen and oxygen atoms in total. The first-order valence-electron chi connectivity index (χ1n) is 6.53. The summed E-state index contributed by atoms with van der Waals surface area (Å²) in [5, 5.41) is 0. The van der Waals surface area contributed by atoms with E-state index in [4.69, 9.17) is 4.74 Å². The lowest BCUT2D eigenvalue weighted by molar-refractivity contribution is -0.132. The Balaban J connectivity index is 1.97. The number of aryl methyl sites for hydroxylation is 1. The molecule has 1 aromatic heterocycles. The Kier molecular flexibility index (Phi) is 4.50. The molecule has 1 amide bonds. The van der Waals surface area contributed by atoms with E-state index in [9.17, 15) is 4.79 Å². The van der Waals surface area contributed by atoms with Crippen LogP contribution in [-0.2, 0) is 9.53 Å². The van der Waals surface area contributed by atoms with Crippen LogP contribution < -0.4 is 0 Å². The molecule has 0 unspecified atom stereocenters. The van der Waals surface area contributed by atoms with Crippen LogP contribution in [0.2, 0.25) is 0 Å². The van der Waals surface area contributed by atoms with Crippen LogP contribution in [0.4, 0.5) is 0 Å². The van der Waals surface area contributed by atoms with Gasteiger partial charge in [-0.15, -0.1) is 0 Å². The number of ether oxygens (including phenoxy) is 1. The van der Waals surface area contributed by atoms with Gasteiger partial charge < -0.3 is 9.64 Å².